The summed E-state index contributed by atoms with van der Waals surface area (Å²) in [6, 6.07) is 9.53. The number of aromatic hydroxyl groups is 1. The molecule has 8 heteroatoms. The van der Waals surface area contributed by atoms with E-state index in [1.54, 1.807) is 12.2 Å². The summed E-state index contributed by atoms with van der Waals surface area (Å²) >= 11 is 6.57. The lowest BCUT2D eigenvalue weighted by Crippen LogP contribution is -2.33. The number of carboxylic acids is 1. The van der Waals surface area contributed by atoms with Crippen molar-refractivity contribution in [2.75, 3.05) is 13.6 Å². The molecule has 0 fully saturated rings. The number of hydrogen-bond acceptors (Lipinski definition) is 5. The number of ether oxygens (including phenoxy) is 1. The van der Waals surface area contributed by atoms with Crippen molar-refractivity contribution in [3.63, 3.8) is 0 Å². The number of pyridine rings is 1. The van der Waals surface area contributed by atoms with Crippen LogP contribution in [0.1, 0.15) is 27.2 Å². The minimum Gasteiger partial charge on any atom is -0.505 e. The summed E-state index contributed by atoms with van der Waals surface area (Å²) in [5.74, 6) is -2.18. The highest BCUT2D eigenvalue weighted by Gasteiger charge is 2.33. The van der Waals surface area contributed by atoms with Gasteiger partial charge in [0.05, 0.1) is 6.61 Å². The first-order chi connectivity index (χ1) is 13.3. The van der Waals surface area contributed by atoms with E-state index in [0.29, 0.717) is 11.1 Å². The number of carbonyl (C=O) groups excluding carboxylic acids is 1. The van der Waals surface area contributed by atoms with E-state index in [1.165, 1.54) is 13.2 Å². The van der Waals surface area contributed by atoms with E-state index >= 15 is 0 Å². The van der Waals surface area contributed by atoms with Crippen LogP contribution in [0.25, 0.3) is 6.08 Å². The van der Waals surface area contributed by atoms with Crippen molar-refractivity contribution in [2.45, 2.75) is 18.1 Å². The number of benzene rings is 1. The largest absolute Gasteiger partial charge is 0.505 e. The van der Waals surface area contributed by atoms with Crippen molar-refractivity contribution in [1.29, 1.82) is 0 Å². The molecule has 146 valence electrons. The summed E-state index contributed by atoms with van der Waals surface area (Å²) in [7, 11) is 1.33. The molecule has 0 spiro atoms. The molecule has 1 aromatic heterocycles. The van der Waals surface area contributed by atoms with E-state index in [9.17, 15) is 14.7 Å². The number of carboxylic acid groups (broad SMARTS) is 1. The van der Waals surface area contributed by atoms with E-state index in [2.05, 4.69) is 4.98 Å². The Hall–Kier alpha value is -2.90. The summed E-state index contributed by atoms with van der Waals surface area (Å²) in [6.07, 6.45) is 4.93. The van der Waals surface area contributed by atoms with Gasteiger partial charge in [-0.15, -0.1) is 0 Å². The lowest BCUT2D eigenvalue weighted by molar-refractivity contribution is -0.137. The lowest BCUT2D eigenvalue weighted by Gasteiger charge is -2.29. The van der Waals surface area contributed by atoms with Gasteiger partial charge in [0, 0.05) is 25.2 Å². The second-order valence-electron chi connectivity index (χ2n) is 6.51. The van der Waals surface area contributed by atoms with Gasteiger partial charge in [0.2, 0.25) is 0 Å². The average Bonchev–Trinajstić information content (AvgIpc) is 2.67. The highest BCUT2D eigenvalue weighted by Crippen LogP contribution is 2.38. The number of carbonyl (C=O) groups is 2. The molecule has 0 radical (unpaired) electrons. The van der Waals surface area contributed by atoms with Gasteiger partial charge in [0.15, 0.2) is 16.5 Å². The number of hydrogen-bond donors (Lipinski definition) is 2. The summed E-state index contributed by atoms with van der Waals surface area (Å²) in [5, 5.41) is 18.3. The Bertz CT molecular complexity index is 932. The third-order valence-corrected chi connectivity index (χ3v) is 4.73. The Balaban J connectivity index is 1.81. The molecule has 0 saturated carbocycles. The number of fused-ring (bicyclic) bond motifs is 1. The summed E-state index contributed by atoms with van der Waals surface area (Å²) in [5.41, 5.74) is 1.77. The Kier molecular flexibility index (Phi) is 5.67. The van der Waals surface area contributed by atoms with E-state index in [0.717, 1.165) is 10.5 Å². The third kappa shape index (κ3) is 4.32. The summed E-state index contributed by atoms with van der Waals surface area (Å²) < 4.78 is 5.84. The molecule has 1 atom stereocenters. The first-order valence-electron chi connectivity index (χ1n) is 8.53. The normalized spacial score (nSPS) is 17.8. The number of alkyl halides is 1. The smallest absolute Gasteiger partial charge is 0.323 e. The third-order valence-electron chi connectivity index (χ3n) is 4.36. The second kappa shape index (κ2) is 8.00. The highest BCUT2D eigenvalue weighted by molar-refractivity contribution is 6.25. The number of aliphatic carboxylic acids is 1. The first-order valence-corrected chi connectivity index (χ1v) is 8.91. The van der Waals surface area contributed by atoms with Crippen LogP contribution in [0.3, 0.4) is 0 Å². The number of rotatable bonds is 6. The molecule has 28 heavy (non-hydrogen) atoms. The van der Waals surface area contributed by atoms with Crippen LogP contribution in [0.4, 0.5) is 0 Å². The molecule has 0 aliphatic heterocycles. The van der Waals surface area contributed by atoms with E-state index < -0.39 is 23.5 Å². The van der Waals surface area contributed by atoms with Crippen LogP contribution < -0.4 is 0 Å². The standard InChI is InChI=1S/C20H19ClN2O5/c1-23(11-16(24)25)19(27)17-18(26)15-9-20(21,8-7-14(15)10-22-17)28-12-13-5-3-2-4-6-13/h2-8,10,26H,9,11-12H2,1H3,(H,24,25). The zero-order chi connectivity index (χ0) is 20.3. The zero-order valence-electron chi connectivity index (χ0n) is 15.1. The van der Waals surface area contributed by atoms with E-state index in [1.807, 2.05) is 30.3 Å². The van der Waals surface area contributed by atoms with Crippen molar-refractivity contribution in [1.82, 2.24) is 9.88 Å². The minimum atomic E-state index is -1.19. The fourth-order valence-corrected chi connectivity index (χ4v) is 3.14. The second-order valence-corrected chi connectivity index (χ2v) is 7.15. The van der Waals surface area contributed by atoms with Gasteiger partial charge < -0.3 is 19.8 Å². The highest BCUT2D eigenvalue weighted by atomic mass is 35.5. The van der Waals surface area contributed by atoms with Gasteiger partial charge in [-0.25, -0.2) is 4.98 Å². The molecule has 2 N–H and O–H groups in total. The number of amides is 1. The molecule has 1 unspecified atom stereocenters. The molecule has 1 aliphatic rings. The molecule has 0 bridgehead atoms. The van der Waals surface area contributed by atoms with Crippen LogP contribution in [-0.4, -0.2) is 50.6 Å². The maximum absolute atomic E-state index is 12.4. The Morgan fingerprint density at radius 3 is 2.71 bits per heavy atom. The van der Waals surface area contributed by atoms with Crippen LogP contribution in [0.5, 0.6) is 5.75 Å². The number of halogens is 1. The monoisotopic (exact) mass is 402 g/mol. The fourth-order valence-electron chi connectivity index (χ4n) is 2.89. The van der Waals surface area contributed by atoms with Crippen LogP contribution in [-0.2, 0) is 22.6 Å². The Labute approximate surface area is 166 Å². The maximum atomic E-state index is 12.4. The summed E-state index contributed by atoms with van der Waals surface area (Å²) in [6.45, 7) is -0.223. The molecule has 2 aromatic rings. The minimum absolute atomic E-state index is 0.129. The van der Waals surface area contributed by atoms with Crippen molar-refractivity contribution in [2.24, 2.45) is 0 Å². The van der Waals surface area contributed by atoms with E-state index in [4.69, 9.17) is 21.4 Å². The van der Waals surface area contributed by atoms with Crippen molar-refractivity contribution < 1.29 is 24.5 Å². The van der Waals surface area contributed by atoms with E-state index in [-0.39, 0.29) is 24.5 Å². The van der Waals surface area contributed by atoms with Gasteiger partial charge in [-0.3, -0.25) is 9.59 Å². The predicted molar refractivity (Wildman–Crippen MR) is 103 cm³/mol. The van der Waals surface area contributed by atoms with Crippen molar-refractivity contribution in [3.05, 3.63) is 65.0 Å². The van der Waals surface area contributed by atoms with Crippen LogP contribution in [0.15, 0.2) is 42.6 Å². The topological polar surface area (TPSA) is 100.0 Å². The quantitative estimate of drug-likeness (QED) is 0.720. The van der Waals surface area contributed by atoms with Gasteiger partial charge in [0.25, 0.3) is 5.91 Å². The molecule has 1 heterocycles. The van der Waals surface area contributed by atoms with Crippen molar-refractivity contribution in [3.8, 4) is 5.75 Å². The molecule has 3 rings (SSSR count). The zero-order valence-corrected chi connectivity index (χ0v) is 15.9. The molecule has 7 nitrogen and oxygen atoms in total. The van der Waals surface area contributed by atoms with Gasteiger partial charge >= 0.3 is 5.97 Å². The molecule has 1 aliphatic carbocycles. The Morgan fingerprint density at radius 2 is 2.04 bits per heavy atom. The van der Waals surface area contributed by atoms with Crippen LogP contribution in [0.2, 0.25) is 0 Å². The predicted octanol–water partition coefficient (Wildman–Crippen LogP) is 2.67. The van der Waals surface area contributed by atoms with Crippen molar-refractivity contribution >= 4 is 29.6 Å². The number of likely N-dealkylation sites (N-methyl/N-ethyl adjacent to an activating group) is 1. The summed E-state index contributed by atoms with van der Waals surface area (Å²) in [4.78, 5) is 28.2. The van der Waals surface area contributed by atoms with Gasteiger partial charge in [-0.05, 0) is 17.2 Å². The number of nitrogens with zero attached hydrogens (tertiary/aromatic N) is 2. The average molecular weight is 403 g/mol. The maximum Gasteiger partial charge on any atom is 0.323 e. The molecule has 0 saturated heterocycles. The fraction of sp³-hybridized carbons (Fsp3) is 0.250. The SMILES string of the molecule is CN(CC(=O)O)C(=O)c1ncc2c(c1O)CC(Cl)(OCc1ccccc1)C=C2. The van der Waals surface area contributed by atoms with Crippen LogP contribution in [0, 0.1) is 0 Å². The molecule has 1 aromatic carbocycles. The Morgan fingerprint density at radius 1 is 1.32 bits per heavy atom. The molecule has 1 amide bonds. The van der Waals surface area contributed by atoms with Gasteiger partial charge in [0.1, 0.15) is 6.54 Å². The molecular weight excluding hydrogens is 384 g/mol. The lowest BCUT2D eigenvalue weighted by atomic mass is 9.94. The number of aromatic nitrogens is 1. The van der Waals surface area contributed by atoms with Crippen LogP contribution >= 0.6 is 11.6 Å². The molecular formula is C20H19ClN2O5. The van der Waals surface area contributed by atoms with Gasteiger partial charge in [-0.2, -0.15) is 0 Å². The van der Waals surface area contributed by atoms with Gasteiger partial charge in [-0.1, -0.05) is 48.0 Å². The first kappa shape index (κ1) is 19.9.